The average molecular weight is 287 g/mol. The molecule has 0 heterocycles. The van der Waals surface area contributed by atoms with Gasteiger partial charge in [-0.15, -0.1) is 0 Å². The molecule has 0 amide bonds. The molecule has 0 saturated heterocycles. The van der Waals surface area contributed by atoms with Crippen LogP contribution < -0.4 is 10.1 Å². The van der Waals surface area contributed by atoms with Crippen LogP contribution in [0.4, 0.5) is 0 Å². The zero-order chi connectivity index (χ0) is 15.3. The third-order valence-electron chi connectivity index (χ3n) is 6.30. The standard InChI is InChI=1S/C19H29NO/c1-13(14-6-8-16(21-5)9-7-14)20-17-18(2,3)15-10-11-19(17,4)12-15/h6-9,13,15,17,20H,10-12H2,1-5H3/t13?,15-,17?,19+/m0/s1. The van der Waals surface area contributed by atoms with Crippen molar-refractivity contribution < 1.29 is 4.74 Å². The topological polar surface area (TPSA) is 21.3 Å². The number of fused-ring (bicyclic) bond motifs is 2. The van der Waals surface area contributed by atoms with Crippen LogP contribution in [0.1, 0.15) is 58.6 Å². The maximum atomic E-state index is 5.25. The number of nitrogens with one attached hydrogen (secondary N) is 1. The zero-order valence-corrected chi connectivity index (χ0v) is 14.1. The molecular weight excluding hydrogens is 258 g/mol. The van der Waals surface area contributed by atoms with Crippen LogP contribution in [0, 0.1) is 16.7 Å². The summed E-state index contributed by atoms with van der Waals surface area (Å²) in [6.45, 7) is 9.69. The fourth-order valence-electron chi connectivity index (χ4n) is 4.96. The lowest BCUT2D eigenvalue weighted by Gasteiger charge is -2.44. The highest BCUT2D eigenvalue weighted by atomic mass is 16.5. The molecule has 2 nitrogen and oxygen atoms in total. The van der Waals surface area contributed by atoms with E-state index in [4.69, 9.17) is 4.74 Å². The Morgan fingerprint density at radius 1 is 1.19 bits per heavy atom. The Morgan fingerprint density at radius 3 is 2.38 bits per heavy atom. The summed E-state index contributed by atoms with van der Waals surface area (Å²) in [5.41, 5.74) is 2.24. The van der Waals surface area contributed by atoms with Crippen LogP contribution in [0.2, 0.25) is 0 Å². The van der Waals surface area contributed by atoms with Crippen molar-refractivity contribution in [3.8, 4) is 5.75 Å². The average Bonchev–Trinajstić information content (AvgIpc) is 2.94. The van der Waals surface area contributed by atoms with Crippen molar-refractivity contribution in [1.29, 1.82) is 0 Å². The van der Waals surface area contributed by atoms with Gasteiger partial charge in [-0.05, 0) is 60.6 Å². The van der Waals surface area contributed by atoms with Gasteiger partial charge in [0.15, 0.2) is 0 Å². The summed E-state index contributed by atoms with van der Waals surface area (Å²) in [5.74, 6) is 1.82. The summed E-state index contributed by atoms with van der Waals surface area (Å²) in [4.78, 5) is 0. The molecule has 0 spiro atoms. The van der Waals surface area contributed by atoms with E-state index in [0.29, 0.717) is 22.9 Å². The van der Waals surface area contributed by atoms with Crippen LogP contribution in [0.5, 0.6) is 5.75 Å². The highest BCUT2D eigenvalue weighted by molar-refractivity contribution is 5.29. The van der Waals surface area contributed by atoms with Gasteiger partial charge in [-0.1, -0.05) is 32.9 Å². The van der Waals surface area contributed by atoms with Gasteiger partial charge in [-0.25, -0.2) is 0 Å². The van der Waals surface area contributed by atoms with Crippen LogP contribution in [0.3, 0.4) is 0 Å². The molecule has 2 bridgehead atoms. The van der Waals surface area contributed by atoms with Gasteiger partial charge in [0.1, 0.15) is 5.75 Å². The molecule has 2 heteroatoms. The van der Waals surface area contributed by atoms with E-state index in [-0.39, 0.29) is 0 Å². The van der Waals surface area contributed by atoms with Gasteiger partial charge in [0.25, 0.3) is 0 Å². The van der Waals surface area contributed by atoms with Crippen LogP contribution in [0.15, 0.2) is 24.3 Å². The first kappa shape index (κ1) is 14.9. The fraction of sp³-hybridized carbons (Fsp3) is 0.684. The maximum Gasteiger partial charge on any atom is 0.118 e. The van der Waals surface area contributed by atoms with Gasteiger partial charge in [0.05, 0.1) is 7.11 Å². The van der Waals surface area contributed by atoms with Crippen molar-refractivity contribution in [2.45, 2.75) is 59.0 Å². The molecule has 2 fully saturated rings. The van der Waals surface area contributed by atoms with Crippen LogP contribution in [-0.2, 0) is 0 Å². The minimum Gasteiger partial charge on any atom is -0.497 e. The van der Waals surface area contributed by atoms with E-state index in [1.165, 1.54) is 24.8 Å². The van der Waals surface area contributed by atoms with Crippen molar-refractivity contribution >= 4 is 0 Å². The highest BCUT2D eigenvalue weighted by Gasteiger charge is 2.59. The van der Waals surface area contributed by atoms with E-state index < -0.39 is 0 Å². The second-order valence-electron chi connectivity index (χ2n) is 8.01. The first-order valence-electron chi connectivity index (χ1n) is 8.27. The summed E-state index contributed by atoms with van der Waals surface area (Å²) in [7, 11) is 1.72. The van der Waals surface area contributed by atoms with Crippen molar-refractivity contribution in [3.63, 3.8) is 0 Å². The van der Waals surface area contributed by atoms with Crippen LogP contribution in [-0.4, -0.2) is 13.2 Å². The number of benzene rings is 1. The first-order valence-corrected chi connectivity index (χ1v) is 8.27. The number of hydrogen-bond acceptors (Lipinski definition) is 2. The Morgan fingerprint density at radius 2 is 1.86 bits per heavy atom. The molecule has 2 aliphatic carbocycles. The third kappa shape index (κ3) is 2.38. The Labute approximate surface area is 129 Å². The minimum atomic E-state index is 0.386. The largest absolute Gasteiger partial charge is 0.497 e. The number of methoxy groups -OCH3 is 1. The quantitative estimate of drug-likeness (QED) is 0.876. The lowest BCUT2D eigenvalue weighted by molar-refractivity contribution is 0.100. The Balaban J connectivity index is 1.76. The molecule has 0 radical (unpaired) electrons. The lowest BCUT2D eigenvalue weighted by atomic mass is 9.68. The van der Waals surface area contributed by atoms with Crippen LogP contribution in [0.25, 0.3) is 0 Å². The fourth-order valence-corrected chi connectivity index (χ4v) is 4.96. The minimum absolute atomic E-state index is 0.386. The molecule has 21 heavy (non-hydrogen) atoms. The summed E-state index contributed by atoms with van der Waals surface area (Å²) in [6.07, 6.45) is 4.19. The van der Waals surface area contributed by atoms with E-state index in [0.717, 1.165) is 11.7 Å². The second-order valence-corrected chi connectivity index (χ2v) is 8.01. The van der Waals surface area contributed by atoms with Crippen molar-refractivity contribution in [1.82, 2.24) is 5.32 Å². The monoisotopic (exact) mass is 287 g/mol. The van der Waals surface area contributed by atoms with E-state index in [1.807, 2.05) is 0 Å². The van der Waals surface area contributed by atoms with Crippen molar-refractivity contribution in [2.75, 3.05) is 7.11 Å². The van der Waals surface area contributed by atoms with Gasteiger partial charge in [0.2, 0.25) is 0 Å². The van der Waals surface area contributed by atoms with E-state index in [9.17, 15) is 0 Å². The predicted molar refractivity (Wildman–Crippen MR) is 87.6 cm³/mol. The summed E-state index contributed by atoms with van der Waals surface area (Å²) in [6, 6.07) is 9.47. The molecule has 3 rings (SSSR count). The molecule has 2 aliphatic rings. The van der Waals surface area contributed by atoms with Gasteiger partial charge in [-0.3, -0.25) is 0 Å². The van der Waals surface area contributed by atoms with Gasteiger partial charge in [-0.2, -0.15) is 0 Å². The molecule has 4 atom stereocenters. The van der Waals surface area contributed by atoms with E-state index in [1.54, 1.807) is 7.11 Å². The molecule has 0 aliphatic heterocycles. The van der Waals surface area contributed by atoms with E-state index >= 15 is 0 Å². The summed E-state index contributed by atoms with van der Waals surface area (Å²) >= 11 is 0. The highest BCUT2D eigenvalue weighted by Crippen LogP contribution is 2.62. The molecule has 1 aromatic rings. The van der Waals surface area contributed by atoms with Gasteiger partial charge >= 0.3 is 0 Å². The zero-order valence-electron chi connectivity index (χ0n) is 14.1. The molecule has 116 valence electrons. The normalized spacial score (nSPS) is 34.9. The van der Waals surface area contributed by atoms with Crippen LogP contribution >= 0.6 is 0 Å². The number of hydrogen-bond donors (Lipinski definition) is 1. The van der Waals surface area contributed by atoms with E-state index in [2.05, 4.69) is 57.3 Å². The maximum absolute atomic E-state index is 5.25. The molecule has 2 unspecified atom stereocenters. The third-order valence-corrected chi connectivity index (χ3v) is 6.30. The Hall–Kier alpha value is -1.02. The molecular formula is C19H29NO. The van der Waals surface area contributed by atoms with Crippen molar-refractivity contribution in [3.05, 3.63) is 29.8 Å². The smallest absolute Gasteiger partial charge is 0.118 e. The Bertz CT molecular complexity index is 502. The number of ether oxygens (including phenoxy) is 1. The molecule has 0 aromatic heterocycles. The lowest BCUT2D eigenvalue weighted by Crippen LogP contribution is -2.50. The molecule has 2 saturated carbocycles. The molecule has 1 N–H and O–H groups in total. The van der Waals surface area contributed by atoms with Crippen molar-refractivity contribution in [2.24, 2.45) is 16.7 Å². The Kier molecular flexibility index (Phi) is 3.56. The second kappa shape index (κ2) is 5.01. The molecule has 1 aromatic carbocycles. The first-order chi connectivity index (χ1) is 9.87. The summed E-state index contributed by atoms with van der Waals surface area (Å²) in [5, 5.41) is 3.95. The predicted octanol–water partition coefficient (Wildman–Crippen LogP) is 4.56. The van der Waals surface area contributed by atoms with Gasteiger partial charge < -0.3 is 10.1 Å². The SMILES string of the molecule is COc1ccc(C(C)NC2C(C)(C)[C@H]3CC[C@]2(C)C3)cc1. The summed E-state index contributed by atoms with van der Waals surface area (Å²) < 4.78 is 5.25. The van der Waals surface area contributed by atoms with Gasteiger partial charge in [0, 0.05) is 12.1 Å². The number of rotatable bonds is 4.